The Balaban J connectivity index is 2.38. The van der Waals surface area contributed by atoms with Crippen LogP contribution in [0.4, 0.5) is 0 Å². The molecule has 0 aliphatic heterocycles. The minimum absolute atomic E-state index is 0.950. The largest absolute Gasteiger partial charge is 0.0654 e. The molecule has 1 fully saturated rings. The summed E-state index contributed by atoms with van der Waals surface area (Å²) < 4.78 is 0. The molecule has 0 amide bonds. The minimum Gasteiger partial charge on any atom is -0.0654 e. The molecule has 174 valence electrons. The van der Waals surface area contributed by atoms with Crippen LogP contribution in [-0.4, -0.2) is 0 Å². The molecule has 3 unspecified atom stereocenters. The first kappa shape index (κ1) is 27.0. The van der Waals surface area contributed by atoms with Crippen molar-refractivity contribution in [3.8, 4) is 0 Å². The van der Waals surface area contributed by atoms with Crippen LogP contribution in [0.5, 0.6) is 0 Å². The Morgan fingerprint density at radius 3 is 1.28 bits per heavy atom. The Morgan fingerprint density at radius 1 is 0.517 bits per heavy atom. The van der Waals surface area contributed by atoms with Gasteiger partial charge in [-0.05, 0) is 24.2 Å². The first-order valence-electron chi connectivity index (χ1n) is 14.3. The van der Waals surface area contributed by atoms with Crippen molar-refractivity contribution in [3.63, 3.8) is 0 Å². The Hall–Kier alpha value is 0. The molecule has 0 bridgehead atoms. The summed E-state index contributed by atoms with van der Waals surface area (Å²) in [6.07, 6.45) is 34.2. The third-order valence-electron chi connectivity index (χ3n) is 7.66. The molecular formula is C29H58. The SMILES string of the molecule is CCCC(C)CC1CCCCCCCCCCCC(CCC)CCCCCCC1. The molecule has 1 rings (SSSR count). The smallest absolute Gasteiger partial charge is 0.0412 e. The van der Waals surface area contributed by atoms with E-state index in [9.17, 15) is 0 Å². The van der Waals surface area contributed by atoms with E-state index >= 15 is 0 Å². The molecular weight excluding hydrogens is 348 g/mol. The summed E-state index contributed by atoms with van der Waals surface area (Å²) in [5.41, 5.74) is 0. The fourth-order valence-corrected chi connectivity index (χ4v) is 5.90. The molecule has 0 radical (unpaired) electrons. The number of hydrogen-bond donors (Lipinski definition) is 0. The van der Waals surface area contributed by atoms with Crippen LogP contribution in [0.15, 0.2) is 0 Å². The molecule has 1 aliphatic carbocycles. The molecule has 0 N–H and O–H groups in total. The highest BCUT2D eigenvalue weighted by molar-refractivity contribution is 4.66. The summed E-state index contributed by atoms with van der Waals surface area (Å²) in [4.78, 5) is 0. The summed E-state index contributed by atoms with van der Waals surface area (Å²) in [7, 11) is 0. The third kappa shape index (κ3) is 16.4. The Labute approximate surface area is 186 Å². The van der Waals surface area contributed by atoms with E-state index in [0.717, 1.165) is 17.8 Å². The number of hydrogen-bond acceptors (Lipinski definition) is 0. The van der Waals surface area contributed by atoms with Crippen molar-refractivity contribution < 1.29 is 0 Å². The van der Waals surface area contributed by atoms with Crippen LogP contribution >= 0.6 is 0 Å². The van der Waals surface area contributed by atoms with Gasteiger partial charge in [-0.2, -0.15) is 0 Å². The summed E-state index contributed by atoms with van der Waals surface area (Å²) >= 11 is 0. The standard InChI is InChI=1S/C29H58/c1-4-20-27(3)26-29-24-18-13-10-8-6-7-9-12-16-22-28(21-5-2)23-17-14-11-15-19-25-29/h27-29H,4-26H2,1-3H3. The van der Waals surface area contributed by atoms with Crippen LogP contribution in [0.1, 0.15) is 168 Å². The van der Waals surface area contributed by atoms with E-state index in [1.807, 2.05) is 0 Å². The predicted molar refractivity (Wildman–Crippen MR) is 134 cm³/mol. The van der Waals surface area contributed by atoms with Gasteiger partial charge in [0.2, 0.25) is 0 Å². The van der Waals surface area contributed by atoms with Crippen LogP contribution in [0.3, 0.4) is 0 Å². The van der Waals surface area contributed by atoms with Crippen LogP contribution < -0.4 is 0 Å². The monoisotopic (exact) mass is 406 g/mol. The molecule has 1 saturated carbocycles. The maximum absolute atomic E-state index is 2.51. The summed E-state index contributed by atoms with van der Waals surface area (Å²) in [5, 5.41) is 0. The minimum atomic E-state index is 0.950. The second kappa shape index (κ2) is 19.9. The molecule has 0 spiro atoms. The van der Waals surface area contributed by atoms with E-state index in [0.29, 0.717) is 0 Å². The van der Waals surface area contributed by atoms with E-state index in [4.69, 9.17) is 0 Å². The van der Waals surface area contributed by atoms with Gasteiger partial charge in [0.15, 0.2) is 0 Å². The van der Waals surface area contributed by atoms with Crippen LogP contribution in [0.25, 0.3) is 0 Å². The van der Waals surface area contributed by atoms with E-state index in [-0.39, 0.29) is 0 Å². The lowest BCUT2D eigenvalue weighted by Crippen LogP contribution is -2.07. The summed E-state index contributed by atoms with van der Waals surface area (Å²) in [6.45, 7) is 7.25. The Kier molecular flexibility index (Phi) is 18.6. The van der Waals surface area contributed by atoms with Gasteiger partial charge in [-0.1, -0.05) is 162 Å². The lowest BCUT2D eigenvalue weighted by atomic mass is 9.85. The molecule has 0 heterocycles. The Bertz CT molecular complexity index is 320. The van der Waals surface area contributed by atoms with Gasteiger partial charge in [-0.15, -0.1) is 0 Å². The highest BCUT2D eigenvalue weighted by Crippen LogP contribution is 2.28. The molecule has 0 saturated heterocycles. The van der Waals surface area contributed by atoms with Crippen molar-refractivity contribution in [2.24, 2.45) is 17.8 Å². The van der Waals surface area contributed by atoms with Gasteiger partial charge in [0.1, 0.15) is 0 Å². The maximum Gasteiger partial charge on any atom is -0.0412 e. The van der Waals surface area contributed by atoms with Crippen molar-refractivity contribution >= 4 is 0 Å². The first-order valence-corrected chi connectivity index (χ1v) is 14.3. The molecule has 29 heavy (non-hydrogen) atoms. The van der Waals surface area contributed by atoms with Crippen molar-refractivity contribution in [1.82, 2.24) is 0 Å². The summed E-state index contributed by atoms with van der Waals surface area (Å²) in [6, 6.07) is 0. The number of rotatable bonds is 6. The van der Waals surface area contributed by atoms with Gasteiger partial charge in [-0.3, -0.25) is 0 Å². The lowest BCUT2D eigenvalue weighted by molar-refractivity contribution is 0.316. The van der Waals surface area contributed by atoms with Crippen molar-refractivity contribution in [1.29, 1.82) is 0 Å². The molecule has 0 nitrogen and oxygen atoms in total. The van der Waals surface area contributed by atoms with E-state index in [1.165, 1.54) is 148 Å². The lowest BCUT2D eigenvalue weighted by Gasteiger charge is -2.21. The van der Waals surface area contributed by atoms with Crippen molar-refractivity contribution in [2.45, 2.75) is 168 Å². The zero-order valence-electron chi connectivity index (χ0n) is 21.0. The van der Waals surface area contributed by atoms with Crippen molar-refractivity contribution in [3.05, 3.63) is 0 Å². The molecule has 3 atom stereocenters. The second-order valence-corrected chi connectivity index (χ2v) is 10.8. The van der Waals surface area contributed by atoms with Gasteiger partial charge in [0.05, 0.1) is 0 Å². The molecule has 0 aromatic carbocycles. The topological polar surface area (TPSA) is 0 Å². The Morgan fingerprint density at radius 2 is 0.897 bits per heavy atom. The predicted octanol–water partition coefficient (Wildman–Crippen LogP) is 10.9. The van der Waals surface area contributed by atoms with Crippen LogP contribution in [-0.2, 0) is 0 Å². The highest BCUT2D eigenvalue weighted by atomic mass is 14.2. The first-order chi connectivity index (χ1) is 14.3. The molecule has 1 aliphatic rings. The molecule has 0 aromatic rings. The molecule has 0 aromatic heterocycles. The van der Waals surface area contributed by atoms with E-state index in [1.54, 1.807) is 0 Å². The molecule has 0 heteroatoms. The fourth-order valence-electron chi connectivity index (χ4n) is 5.90. The van der Waals surface area contributed by atoms with E-state index < -0.39 is 0 Å². The van der Waals surface area contributed by atoms with Crippen LogP contribution in [0, 0.1) is 17.8 Å². The quantitative estimate of drug-likeness (QED) is 0.411. The van der Waals surface area contributed by atoms with Gasteiger partial charge in [-0.25, -0.2) is 0 Å². The average molecular weight is 407 g/mol. The van der Waals surface area contributed by atoms with E-state index in [2.05, 4.69) is 20.8 Å². The normalized spacial score (nSPS) is 26.6. The fraction of sp³-hybridized carbons (Fsp3) is 1.00. The highest BCUT2D eigenvalue weighted by Gasteiger charge is 2.13. The zero-order chi connectivity index (χ0) is 21.0. The third-order valence-corrected chi connectivity index (χ3v) is 7.66. The average Bonchev–Trinajstić information content (AvgIpc) is 2.70. The second-order valence-electron chi connectivity index (χ2n) is 10.8. The van der Waals surface area contributed by atoms with Gasteiger partial charge >= 0.3 is 0 Å². The van der Waals surface area contributed by atoms with Crippen LogP contribution in [0.2, 0.25) is 0 Å². The zero-order valence-corrected chi connectivity index (χ0v) is 21.0. The summed E-state index contributed by atoms with van der Waals surface area (Å²) in [5.74, 6) is 3.01. The van der Waals surface area contributed by atoms with Gasteiger partial charge in [0.25, 0.3) is 0 Å². The van der Waals surface area contributed by atoms with Gasteiger partial charge in [0, 0.05) is 0 Å². The van der Waals surface area contributed by atoms with Crippen molar-refractivity contribution in [2.75, 3.05) is 0 Å². The maximum atomic E-state index is 2.51. The van der Waals surface area contributed by atoms with Gasteiger partial charge < -0.3 is 0 Å².